The van der Waals surface area contributed by atoms with E-state index in [9.17, 15) is 12.8 Å². The van der Waals surface area contributed by atoms with E-state index < -0.39 is 10.2 Å². The molecule has 5 rings (SSSR count). The fourth-order valence-corrected chi connectivity index (χ4v) is 7.38. The molecule has 2 saturated heterocycles. The SMILES string of the molecule is O=S(=O)(NC1CCN(c2cccnn2)CC1COC1CCC(c2cccc(F)c2)CC1)N1CCCC1. The summed E-state index contributed by atoms with van der Waals surface area (Å²) < 4.78 is 50.6. The normalized spacial score (nSPS) is 27.9. The molecule has 0 spiro atoms. The molecule has 8 nitrogen and oxygen atoms in total. The molecule has 2 aliphatic heterocycles. The van der Waals surface area contributed by atoms with Crippen molar-refractivity contribution >= 4 is 16.0 Å². The Morgan fingerprint density at radius 1 is 1.03 bits per heavy atom. The molecule has 2 aromatic rings. The van der Waals surface area contributed by atoms with E-state index in [1.807, 2.05) is 18.2 Å². The van der Waals surface area contributed by atoms with Crippen LogP contribution in [0.4, 0.5) is 10.2 Å². The van der Waals surface area contributed by atoms with E-state index in [2.05, 4.69) is 19.8 Å². The largest absolute Gasteiger partial charge is 0.378 e. The molecule has 0 amide bonds. The summed E-state index contributed by atoms with van der Waals surface area (Å²) in [7, 11) is -3.51. The Labute approximate surface area is 213 Å². The van der Waals surface area contributed by atoms with E-state index in [0.717, 1.165) is 49.9 Å². The summed E-state index contributed by atoms with van der Waals surface area (Å²) in [5.41, 5.74) is 1.07. The van der Waals surface area contributed by atoms with E-state index in [1.165, 1.54) is 6.07 Å². The molecular weight excluding hydrogens is 481 g/mol. The van der Waals surface area contributed by atoms with Crippen molar-refractivity contribution in [2.45, 2.75) is 63.0 Å². The lowest BCUT2D eigenvalue weighted by molar-refractivity contribution is -0.00225. The van der Waals surface area contributed by atoms with Crippen LogP contribution in [0.2, 0.25) is 0 Å². The number of hydrogen-bond acceptors (Lipinski definition) is 6. The first kappa shape index (κ1) is 25.5. The molecule has 3 heterocycles. The standard InChI is InChI=1S/C26H36FN5O3S/c27-23-6-3-5-21(17-23)20-8-10-24(11-9-20)35-19-22-18-31(26-7-4-13-28-29-26)16-12-25(22)30-36(33,34)32-14-1-2-15-32/h3-7,13,17,20,22,24-25,30H,1-2,8-12,14-16,18-19H2. The zero-order valence-electron chi connectivity index (χ0n) is 20.6. The minimum atomic E-state index is -3.51. The maximum Gasteiger partial charge on any atom is 0.279 e. The molecule has 1 N–H and O–H groups in total. The van der Waals surface area contributed by atoms with E-state index in [1.54, 1.807) is 22.6 Å². The predicted octanol–water partition coefficient (Wildman–Crippen LogP) is 3.48. The van der Waals surface area contributed by atoms with Crippen molar-refractivity contribution in [1.82, 2.24) is 19.2 Å². The van der Waals surface area contributed by atoms with Crippen LogP contribution in [0.1, 0.15) is 56.4 Å². The molecule has 2 atom stereocenters. The van der Waals surface area contributed by atoms with Crippen molar-refractivity contribution in [3.05, 3.63) is 54.0 Å². The number of nitrogens with zero attached hydrogens (tertiary/aromatic N) is 4. The molecule has 1 aromatic heterocycles. The first-order valence-corrected chi connectivity index (χ1v) is 14.6. The lowest BCUT2D eigenvalue weighted by Gasteiger charge is -2.40. The van der Waals surface area contributed by atoms with Gasteiger partial charge in [0.1, 0.15) is 5.82 Å². The Morgan fingerprint density at radius 3 is 2.56 bits per heavy atom. The van der Waals surface area contributed by atoms with Crippen LogP contribution >= 0.6 is 0 Å². The molecule has 3 aliphatic rings. The van der Waals surface area contributed by atoms with Gasteiger partial charge in [0, 0.05) is 44.3 Å². The number of rotatable bonds is 8. The highest BCUT2D eigenvalue weighted by molar-refractivity contribution is 7.87. The van der Waals surface area contributed by atoms with Crippen LogP contribution in [0.5, 0.6) is 0 Å². The third kappa shape index (κ3) is 6.22. The molecule has 3 fully saturated rings. The highest BCUT2D eigenvalue weighted by Crippen LogP contribution is 2.35. The molecule has 0 radical (unpaired) electrons. The summed E-state index contributed by atoms with van der Waals surface area (Å²) in [5.74, 6) is 0.985. The van der Waals surface area contributed by atoms with E-state index >= 15 is 0 Å². The Kier molecular flexibility index (Phi) is 8.15. The average Bonchev–Trinajstić information content (AvgIpc) is 3.45. The quantitative estimate of drug-likeness (QED) is 0.577. The van der Waals surface area contributed by atoms with Gasteiger partial charge in [0.25, 0.3) is 10.2 Å². The van der Waals surface area contributed by atoms with Crippen LogP contribution in [-0.2, 0) is 14.9 Å². The zero-order chi connectivity index (χ0) is 25.0. The lowest BCUT2D eigenvalue weighted by Crippen LogP contribution is -2.55. The molecule has 1 aliphatic carbocycles. The minimum absolute atomic E-state index is 0.000855. The molecular formula is C26H36FN5O3S. The number of anilines is 1. The highest BCUT2D eigenvalue weighted by Gasteiger charge is 2.36. The topological polar surface area (TPSA) is 87.7 Å². The Morgan fingerprint density at radius 2 is 1.83 bits per heavy atom. The zero-order valence-corrected chi connectivity index (χ0v) is 21.5. The highest BCUT2D eigenvalue weighted by atomic mass is 32.2. The van der Waals surface area contributed by atoms with Gasteiger partial charge in [-0.3, -0.25) is 0 Å². The molecule has 2 unspecified atom stereocenters. The third-order valence-corrected chi connectivity index (χ3v) is 9.51. The molecule has 36 heavy (non-hydrogen) atoms. The van der Waals surface area contributed by atoms with Gasteiger partial charge in [-0.25, -0.2) is 4.39 Å². The van der Waals surface area contributed by atoms with Gasteiger partial charge in [-0.05, 0) is 80.7 Å². The van der Waals surface area contributed by atoms with Gasteiger partial charge in [0.2, 0.25) is 0 Å². The summed E-state index contributed by atoms with van der Waals surface area (Å²) in [4.78, 5) is 2.17. The first-order valence-electron chi connectivity index (χ1n) is 13.1. The summed E-state index contributed by atoms with van der Waals surface area (Å²) in [5, 5.41) is 8.26. The fourth-order valence-electron chi connectivity index (χ4n) is 5.80. The number of halogens is 1. The Hall–Kier alpha value is -2.14. The predicted molar refractivity (Wildman–Crippen MR) is 136 cm³/mol. The summed E-state index contributed by atoms with van der Waals surface area (Å²) in [6, 6.07) is 10.5. The number of ether oxygens (including phenoxy) is 1. The van der Waals surface area contributed by atoms with Crippen molar-refractivity contribution in [3.8, 4) is 0 Å². The fraction of sp³-hybridized carbons (Fsp3) is 0.615. The van der Waals surface area contributed by atoms with E-state index in [0.29, 0.717) is 45.1 Å². The van der Waals surface area contributed by atoms with Gasteiger partial charge in [-0.15, -0.1) is 5.10 Å². The molecule has 1 saturated carbocycles. The van der Waals surface area contributed by atoms with Crippen LogP contribution in [-0.4, -0.2) is 67.9 Å². The summed E-state index contributed by atoms with van der Waals surface area (Å²) in [6.45, 7) is 3.03. The number of benzene rings is 1. The molecule has 196 valence electrons. The van der Waals surface area contributed by atoms with Gasteiger partial charge < -0.3 is 9.64 Å². The monoisotopic (exact) mass is 517 g/mol. The summed E-state index contributed by atoms with van der Waals surface area (Å²) in [6.07, 6.45) is 8.08. The van der Waals surface area contributed by atoms with E-state index in [4.69, 9.17) is 4.74 Å². The second kappa shape index (κ2) is 11.5. The maximum atomic E-state index is 13.6. The van der Waals surface area contributed by atoms with Crippen molar-refractivity contribution in [1.29, 1.82) is 0 Å². The Balaban J connectivity index is 1.21. The second-order valence-corrected chi connectivity index (χ2v) is 12.0. The van der Waals surface area contributed by atoms with Crippen LogP contribution in [0.3, 0.4) is 0 Å². The second-order valence-electron chi connectivity index (χ2n) is 10.3. The number of aromatic nitrogens is 2. The number of nitrogens with one attached hydrogen (secondary N) is 1. The smallest absolute Gasteiger partial charge is 0.279 e. The third-order valence-electron chi connectivity index (χ3n) is 7.86. The molecule has 1 aromatic carbocycles. The van der Waals surface area contributed by atoms with Gasteiger partial charge >= 0.3 is 0 Å². The lowest BCUT2D eigenvalue weighted by atomic mass is 9.82. The van der Waals surface area contributed by atoms with Crippen molar-refractivity contribution < 1.29 is 17.5 Å². The Bertz CT molecular complexity index is 1090. The number of hydrogen-bond donors (Lipinski definition) is 1. The molecule has 0 bridgehead atoms. The van der Waals surface area contributed by atoms with E-state index in [-0.39, 0.29) is 23.9 Å². The van der Waals surface area contributed by atoms with Gasteiger partial charge in [0.15, 0.2) is 5.82 Å². The minimum Gasteiger partial charge on any atom is -0.378 e. The molecule has 10 heteroatoms. The van der Waals surface area contributed by atoms with Crippen molar-refractivity contribution in [3.63, 3.8) is 0 Å². The van der Waals surface area contributed by atoms with Crippen LogP contribution in [0.25, 0.3) is 0 Å². The van der Waals surface area contributed by atoms with Gasteiger partial charge in [-0.2, -0.15) is 22.5 Å². The average molecular weight is 518 g/mol. The van der Waals surface area contributed by atoms with Crippen LogP contribution < -0.4 is 9.62 Å². The van der Waals surface area contributed by atoms with Gasteiger partial charge in [-0.1, -0.05) is 12.1 Å². The number of piperidine rings is 1. The van der Waals surface area contributed by atoms with Gasteiger partial charge in [0.05, 0.1) is 12.7 Å². The van der Waals surface area contributed by atoms with Crippen LogP contribution in [0.15, 0.2) is 42.6 Å². The van der Waals surface area contributed by atoms with Crippen LogP contribution in [0, 0.1) is 11.7 Å². The van der Waals surface area contributed by atoms with Crippen molar-refractivity contribution in [2.75, 3.05) is 37.7 Å². The van der Waals surface area contributed by atoms with Crippen molar-refractivity contribution in [2.24, 2.45) is 5.92 Å². The maximum absolute atomic E-state index is 13.6. The summed E-state index contributed by atoms with van der Waals surface area (Å²) >= 11 is 0. The first-order chi connectivity index (χ1) is 17.5.